The molecule has 1 saturated heterocycles. The maximum atomic E-state index is 9.84. The van der Waals surface area contributed by atoms with Crippen molar-refractivity contribution in [1.29, 1.82) is 0 Å². The van der Waals surface area contributed by atoms with Gasteiger partial charge in [0.2, 0.25) is 0 Å². The summed E-state index contributed by atoms with van der Waals surface area (Å²) in [4.78, 5) is 0. The highest BCUT2D eigenvalue weighted by molar-refractivity contribution is 7.80. The Kier molecular flexibility index (Phi) is 10.4. The van der Waals surface area contributed by atoms with Crippen molar-refractivity contribution in [3.05, 3.63) is 0 Å². The summed E-state index contributed by atoms with van der Waals surface area (Å²) in [6.07, 6.45) is 4.15. The van der Waals surface area contributed by atoms with Gasteiger partial charge in [0, 0.05) is 0 Å². The molecule has 7 heteroatoms. The molecule has 1 rings (SSSR count). The molecule has 0 aromatic heterocycles. The summed E-state index contributed by atoms with van der Waals surface area (Å²) in [6.45, 7) is 9.88. The highest BCUT2D eigenvalue weighted by Crippen LogP contribution is 2.09. The van der Waals surface area contributed by atoms with E-state index in [0.717, 1.165) is 19.6 Å². The van der Waals surface area contributed by atoms with E-state index in [1.54, 1.807) is 0 Å². The van der Waals surface area contributed by atoms with Crippen molar-refractivity contribution in [2.45, 2.75) is 39.5 Å². The third-order valence-electron chi connectivity index (χ3n) is 3.33. The maximum absolute atomic E-state index is 9.84. The summed E-state index contributed by atoms with van der Waals surface area (Å²) in [7, 11) is -1.85. The standard InChI is InChI=1S/C9H20NO.C4H10O4S/c1-3-4-5-10(2)6-8-11-9-7-10;1-2-3-4-8-9(5,6)7/h3-9H2,1-2H3;2-4H2,1H3,(H,5,6,7)/q+1;. The highest BCUT2D eigenvalue weighted by atomic mass is 32.3. The number of hydrogen-bond donors (Lipinski definition) is 1. The lowest BCUT2D eigenvalue weighted by molar-refractivity contribution is -0.917. The lowest BCUT2D eigenvalue weighted by Crippen LogP contribution is -2.52. The molecule has 0 atom stereocenters. The van der Waals surface area contributed by atoms with E-state index in [4.69, 9.17) is 9.29 Å². The lowest BCUT2D eigenvalue weighted by atomic mass is 10.2. The molecule has 0 spiro atoms. The quantitative estimate of drug-likeness (QED) is 0.441. The minimum absolute atomic E-state index is 0.0648. The summed E-state index contributed by atoms with van der Waals surface area (Å²) in [5, 5.41) is 0. The van der Waals surface area contributed by atoms with Crippen molar-refractivity contribution < 1.29 is 26.4 Å². The van der Waals surface area contributed by atoms with E-state index in [-0.39, 0.29) is 6.61 Å². The minimum atomic E-state index is -4.20. The van der Waals surface area contributed by atoms with Crippen LogP contribution in [0.5, 0.6) is 0 Å². The maximum Gasteiger partial charge on any atom is 0.397 e. The third kappa shape index (κ3) is 11.6. The molecule has 1 N–H and O–H groups in total. The molecule has 1 aliphatic heterocycles. The van der Waals surface area contributed by atoms with Crippen LogP contribution >= 0.6 is 0 Å². The average molecular weight is 312 g/mol. The molecular weight excluding hydrogens is 282 g/mol. The fourth-order valence-corrected chi connectivity index (χ4v) is 2.18. The van der Waals surface area contributed by atoms with Crippen molar-refractivity contribution in [1.82, 2.24) is 0 Å². The number of unbranched alkanes of at least 4 members (excludes halogenated alkanes) is 2. The Morgan fingerprint density at radius 2 is 1.70 bits per heavy atom. The smallest absolute Gasteiger partial charge is 0.370 e. The molecule has 0 aromatic rings. The van der Waals surface area contributed by atoms with Gasteiger partial charge in [0.15, 0.2) is 0 Å². The Morgan fingerprint density at radius 3 is 2.15 bits per heavy atom. The van der Waals surface area contributed by atoms with E-state index in [1.807, 2.05) is 6.92 Å². The molecule has 1 heterocycles. The molecule has 122 valence electrons. The molecule has 0 aliphatic carbocycles. The SMILES string of the molecule is CCCCOS(=O)(=O)O.CCCC[N+]1(C)CCOCC1. The summed E-state index contributed by atoms with van der Waals surface area (Å²) in [5.41, 5.74) is 0. The predicted octanol–water partition coefficient (Wildman–Crippen LogP) is 1.87. The minimum Gasteiger partial charge on any atom is -0.370 e. The molecule has 0 bridgehead atoms. The van der Waals surface area contributed by atoms with Gasteiger partial charge in [-0.1, -0.05) is 26.7 Å². The first kappa shape index (κ1) is 19.8. The number of nitrogens with zero attached hydrogens (tertiary/aromatic N) is 1. The van der Waals surface area contributed by atoms with Crippen LogP contribution in [0, 0.1) is 0 Å². The van der Waals surface area contributed by atoms with Crippen molar-refractivity contribution in [2.75, 3.05) is 46.5 Å². The zero-order valence-corrected chi connectivity index (χ0v) is 13.8. The van der Waals surface area contributed by atoms with E-state index in [1.165, 1.54) is 37.0 Å². The molecule has 20 heavy (non-hydrogen) atoms. The fraction of sp³-hybridized carbons (Fsp3) is 1.00. The monoisotopic (exact) mass is 312 g/mol. The van der Waals surface area contributed by atoms with E-state index >= 15 is 0 Å². The van der Waals surface area contributed by atoms with Gasteiger partial charge in [0.1, 0.15) is 13.1 Å². The van der Waals surface area contributed by atoms with E-state index < -0.39 is 10.4 Å². The van der Waals surface area contributed by atoms with Gasteiger partial charge in [-0.15, -0.1) is 0 Å². The number of hydrogen-bond acceptors (Lipinski definition) is 4. The Labute approximate surface area is 123 Å². The predicted molar refractivity (Wildman–Crippen MR) is 78.9 cm³/mol. The van der Waals surface area contributed by atoms with Crippen LogP contribution in [0.4, 0.5) is 0 Å². The summed E-state index contributed by atoms with van der Waals surface area (Å²) in [5.74, 6) is 0. The zero-order chi connectivity index (χ0) is 15.5. The van der Waals surface area contributed by atoms with Crippen LogP contribution in [-0.4, -0.2) is 64.0 Å². The first-order chi connectivity index (χ1) is 9.33. The molecule has 0 radical (unpaired) electrons. The van der Waals surface area contributed by atoms with Gasteiger partial charge < -0.3 is 9.22 Å². The van der Waals surface area contributed by atoms with Crippen LogP contribution in [0.25, 0.3) is 0 Å². The van der Waals surface area contributed by atoms with Crippen molar-refractivity contribution in [2.24, 2.45) is 0 Å². The number of ether oxygens (including phenoxy) is 1. The van der Waals surface area contributed by atoms with Crippen LogP contribution in [0.3, 0.4) is 0 Å². The van der Waals surface area contributed by atoms with Crippen molar-refractivity contribution in [3.63, 3.8) is 0 Å². The lowest BCUT2D eigenvalue weighted by Gasteiger charge is -2.37. The third-order valence-corrected chi connectivity index (χ3v) is 3.80. The summed E-state index contributed by atoms with van der Waals surface area (Å²) >= 11 is 0. The van der Waals surface area contributed by atoms with Crippen molar-refractivity contribution in [3.8, 4) is 0 Å². The van der Waals surface area contributed by atoms with E-state index in [0.29, 0.717) is 6.42 Å². The Hall–Kier alpha value is -0.210. The molecule has 0 amide bonds. The molecular formula is C13H30NO5S+. The van der Waals surface area contributed by atoms with Gasteiger partial charge in [0.05, 0.1) is 33.4 Å². The van der Waals surface area contributed by atoms with Gasteiger partial charge in [-0.05, 0) is 12.8 Å². The fourth-order valence-electron chi connectivity index (χ4n) is 1.86. The molecule has 0 saturated carbocycles. The second kappa shape index (κ2) is 10.5. The van der Waals surface area contributed by atoms with Crippen molar-refractivity contribution >= 4 is 10.4 Å². The second-order valence-corrected chi connectivity index (χ2v) is 6.45. The van der Waals surface area contributed by atoms with Crippen LogP contribution < -0.4 is 0 Å². The van der Waals surface area contributed by atoms with Gasteiger partial charge in [-0.25, -0.2) is 4.18 Å². The van der Waals surface area contributed by atoms with Crippen LogP contribution in [0.2, 0.25) is 0 Å². The molecule has 1 aliphatic rings. The average Bonchev–Trinajstić information content (AvgIpc) is 2.37. The first-order valence-electron chi connectivity index (χ1n) is 7.36. The first-order valence-corrected chi connectivity index (χ1v) is 8.72. The number of likely N-dealkylation sites (N-methyl/N-ethyl adjacent to an activating group) is 1. The largest absolute Gasteiger partial charge is 0.397 e. The highest BCUT2D eigenvalue weighted by Gasteiger charge is 2.23. The molecule has 0 aromatic carbocycles. The van der Waals surface area contributed by atoms with E-state index in [9.17, 15) is 8.42 Å². The van der Waals surface area contributed by atoms with Crippen LogP contribution in [0.15, 0.2) is 0 Å². The summed E-state index contributed by atoms with van der Waals surface area (Å²) < 4.78 is 38.2. The van der Waals surface area contributed by atoms with Gasteiger partial charge in [-0.3, -0.25) is 4.55 Å². The molecule has 6 nitrogen and oxygen atoms in total. The van der Waals surface area contributed by atoms with E-state index in [2.05, 4.69) is 18.2 Å². The Morgan fingerprint density at radius 1 is 1.15 bits per heavy atom. The molecule has 1 fully saturated rings. The topological polar surface area (TPSA) is 72.8 Å². The number of quaternary nitrogens is 1. The zero-order valence-electron chi connectivity index (χ0n) is 13.0. The normalized spacial score (nSPS) is 18.2. The summed E-state index contributed by atoms with van der Waals surface area (Å²) in [6, 6.07) is 0. The number of morpholine rings is 1. The Bertz CT molecular complexity index is 326. The van der Waals surface area contributed by atoms with Crippen LogP contribution in [-0.2, 0) is 19.3 Å². The number of rotatable bonds is 7. The Balaban J connectivity index is 0.000000370. The molecule has 0 unspecified atom stereocenters. The van der Waals surface area contributed by atoms with Crippen LogP contribution in [0.1, 0.15) is 39.5 Å². The van der Waals surface area contributed by atoms with Gasteiger partial charge in [-0.2, -0.15) is 8.42 Å². The van der Waals surface area contributed by atoms with Gasteiger partial charge >= 0.3 is 10.4 Å². The van der Waals surface area contributed by atoms with Gasteiger partial charge in [0.25, 0.3) is 0 Å². The second-order valence-electron chi connectivity index (χ2n) is 5.36.